The van der Waals surface area contributed by atoms with Gasteiger partial charge in [-0.2, -0.15) is 209 Å². The molecule has 738 valence electrons. The fraction of sp³-hybridized carbons (Fsp3) is 0.544. The van der Waals surface area contributed by atoms with Crippen LogP contribution in [-0.2, 0) is 85.8 Å². The van der Waals surface area contributed by atoms with E-state index < -0.39 is 397 Å². The third kappa shape index (κ3) is 18.8. The molecule has 3 aromatic carbocycles. The van der Waals surface area contributed by atoms with Crippen LogP contribution >= 0.6 is 0 Å². The van der Waals surface area contributed by atoms with Crippen molar-refractivity contribution in [2.45, 2.75) is 165 Å². The molecule has 3 aliphatic carbocycles. The number of fused-ring (bicyclic) bond motifs is 5. The minimum absolute atomic E-state index is 0.492. The number of hydrogen-bond donors (Lipinski definition) is 0. The average molecular weight is 2110 g/mol. The molecular weight excluding hydrogens is 2080 g/mol. The molecule has 0 saturated carbocycles. The van der Waals surface area contributed by atoms with Crippen LogP contribution in [0.1, 0.15) is 11.1 Å². The molecule has 0 N–H and O–H groups in total. The van der Waals surface area contributed by atoms with E-state index in [9.17, 15) is 226 Å². The molecule has 0 fully saturated rings. The Hall–Kier alpha value is -7.28. The molecule has 0 amide bonds. The maximum absolute atomic E-state index is 15.2. The highest BCUT2D eigenvalue weighted by atomic mass is 32.2. The number of allylic oxidation sites excluding steroid dienone is 4. The summed E-state index contributed by atoms with van der Waals surface area (Å²) in [4.78, 5) is -17.0. The lowest BCUT2D eigenvalue weighted by Crippen LogP contribution is -2.59. The Morgan fingerprint density at radius 2 is 0.550 bits per heavy atom. The highest BCUT2D eigenvalue weighted by Gasteiger charge is 2.81. The van der Waals surface area contributed by atoms with Gasteiger partial charge < -0.3 is 0 Å². The van der Waals surface area contributed by atoms with Gasteiger partial charge in [-0.3, -0.25) is 25.1 Å². The number of rotatable bonds is 43. The normalized spacial score (nSPS) is 17.4. The smallest absolute Gasteiger partial charge is 0.260 e. The molecule has 0 radical (unpaired) electrons. The van der Waals surface area contributed by atoms with Crippen molar-refractivity contribution < 1.29 is 286 Å². The Kier molecular flexibility index (Phi) is 29.1. The van der Waals surface area contributed by atoms with Gasteiger partial charge in [-0.05, 0) is 92.4 Å². The van der Waals surface area contributed by atoms with E-state index in [1.807, 2.05) is 0 Å². The van der Waals surface area contributed by atoms with Crippen molar-refractivity contribution in [2.75, 3.05) is 39.6 Å². The predicted molar refractivity (Wildman–Crippen MR) is 318 cm³/mol. The Morgan fingerprint density at radius 1 is 0.287 bits per heavy atom. The maximum atomic E-state index is 15.2. The molecule has 0 bridgehead atoms. The second kappa shape index (κ2) is 34.0. The molecule has 0 aromatic heterocycles. The van der Waals surface area contributed by atoms with Gasteiger partial charge in [0.25, 0.3) is 60.7 Å². The molecular formula is C57H30F48O18S6. The molecule has 0 saturated heterocycles. The summed E-state index contributed by atoms with van der Waals surface area (Å²) in [6, 6.07) is -5.81. The SMILES string of the molecule is O=S(=O)(OCC(F)(F)C(F)(F)C(F)(F)C(F)F)C1=CC2C(/C=C3\c4cc(S(=O)(=O)OCC(F)(F)C(F)(F)C(F)(F)C(F)F)ccc4-c4c3cc(S(=O)(=O)OCC(F)(F)C(F)(F)C(F)(F)C(F)F)cc4S(=O)(=O)OCC(F)(F)C(F)(F)C(F)(F)C(F)F)=c3cc(S(=O)(=O)OCC(F)(F)C(F)(F)C(F)(F)C(F)F)ccc3=C2C(S(=O)(=O)OCC(F)(F)C(F)(F)C(F)(F)C(F)F)=C1. The van der Waals surface area contributed by atoms with E-state index in [0.717, 1.165) is 0 Å². The van der Waals surface area contributed by atoms with E-state index in [4.69, 9.17) is 0 Å². The van der Waals surface area contributed by atoms with Crippen LogP contribution in [0, 0.1) is 5.92 Å². The zero-order valence-corrected chi connectivity index (χ0v) is 64.0. The third-order valence-electron chi connectivity index (χ3n) is 17.3. The van der Waals surface area contributed by atoms with E-state index >= 15 is 35.1 Å². The van der Waals surface area contributed by atoms with Crippen molar-refractivity contribution in [3.63, 3.8) is 0 Å². The predicted octanol–water partition coefficient (Wildman–Crippen LogP) is 16.1. The van der Waals surface area contributed by atoms with Gasteiger partial charge >= 0.3 is 145 Å². The zero-order valence-electron chi connectivity index (χ0n) is 59.1. The number of alkyl halides is 48. The highest BCUT2D eigenvalue weighted by Crippen LogP contribution is 2.59. The van der Waals surface area contributed by atoms with E-state index in [0.29, 0.717) is 0 Å². The Balaban J connectivity index is 1.98. The summed E-state index contributed by atoms with van der Waals surface area (Å²) in [6.45, 7) is -25.0. The quantitative estimate of drug-likeness (QED) is 0.0294. The van der Waals surface area contributed by atoms with Gasteiger partial charge in [0.1, 0.15) is 49.4 Å². The first kappa shape index (κ1) is 110. The van der Waals surface area contributed by atoms with Crippen molar-refractivity contribution in [1.29, 1.82) is 0 Å². The van der Waals surface area contributed by atoms with E-state index in [2.05, 4.69) is 25.1 Å². The summed E-state index contributed by atoms with van der Waals surface area (Å²) in [7, 11) is -44.9. The van der Waals surface area contributed by atoms with Gasteiger partial charge in [0.2, 0.25) is 0 Å². The summed E-state index contributed by atoms with van der Waals surface area (Å²) in [5.41, 5.74) is -16.0. The van der Waals surface area contributed by atoms with Crippen LogP contribution < -0.4 is 10.4 Å². The van der Waals surface area contributed by atoms with Crippen LogP contribution in [0.15, 0.2) is 96.2 Å². The molecule has 0 spiro atoms. The van der Waals surface area contributed by atoms with E-state index in [1.54, 1.807) is 0 Å². The molecule has 1 atom stereocenters. The van der Waals surface area contributed by atoms with E-state index in [1.165, 1.54) is 0 Å². The summed E-state index contributed by atoms with van der Waals surface area (Å²) in [5, 5.41) is -4.17. The molecule has 3 aliphatic rings. The number of hydrogen-bond acceptors (Lipinski definition) is 18. The van der Waals surface area contributed by atoms with Gasteiger partial charge in [0, 0.05) is 11.5 Å². The Bertz CT molecular complexity index is 5800. The molecule has 72 heteroatoms. The lowest BCUT2D eigenvalue weighted by Gasteiger charge is -2.32. The van der Waals surface area contributed by atoms with Crippen LogP contribution in [-0.4, -0.2) is 235 Å². The molecule has 18 nitrogen and oxygen atoms in total. The zero-order chi connectivity index (χ0) is 101. The summed E-state index contributed by atoms with van der Waals surface area (Å²) >= 11 is 0. The monoisotopic (exact) mass is 2110 g/mol. The Morgan fingerprint density at radius 3 is 0.860 bits per heavy atom. The van der Waals surface area contributed by atoms with Crippen LogP contribution in [0.2, 0.25) is 0 Å². The summed E-state index contributed by atoms with van der Waals surface area (Å²) in [5.74, 6) is -138. The lowest BCUT2D eigenvalue weighted by molar-refractivity contribution is -0.342. The minimum atomic E-state index is -7.80. The average Bonchev–Trinajstić information content (AvgIpc) is 1.53. The number of benzene rings is 3. The first-order valence-electron chi connectivity index (χ1n) is 31.2. The maximum Gasteiger partial charge on any atom is 0.380 e. The molecule has 1 unspecified atom stereocenters. The summed E-state index contributed by atoms with van der Waals surface area (Å²) in [6.07, 6.45) is -38.8. The largest absolute Gasteiger partial charge is 0.380 e. The van der Waals surface area contributed by atoms with Crippen molar-refractivity contribution in [2.24, 2.45) is 5.92 Å². The van der Waals surface area contributed by atoms with Crippen molar-refractivity contribution in [1.82, 2.24) is 0 Å². The molecule has 6 rings (SSSR count). The minimum Gasteiger partial charge on any atom is -0.260 e. The molecule has 0 aliphatic heterocycles. The van der Waals surface area contributed by atoms with Crippen molar-refractivity contribution in [3.8, 4) is 11.1 Å². The highest BCUT2D eigenvalue weighted by molar-refractivity contribution is 7.92. The molecule has 129 heavy (non-hydrogen) atoms. The first-order valence-corrected chi connectivity index (χ1v) is 39.7. The Labute approximate surface area is 681 Å². The fourth-order valence-electron chi connectivity index (χ4n) is 10.2. The van der Waals surface area contributed by atoms with Gasteiger partial charge in [-0.15, -0.1) is 0 Å². The lowest BCUT2D eigenvalue weighted by atomic mass is 9.88. The van der Waals surface area contributed by atoms with Crippen LogP contribution in [0.5, 0.6) is 0 Å². The van der Waals surface area contributed by atoms with Crippen molar-refractivity contribution >= 4 is 77.4 Å². The van der Waals surface area contributed by atoms with Crippen LogP contribution in [0.3, 0.4) is 0 Å². The van der Waals surface area contributed by atoms with Gasteiger partial charge in [-0.25, -0.2) is 52.7 Å². The van der Waals surface area contributed by atoms with Crippen molar-refractivity contribution in [3.05, 3.63) is 98.1 Å². The summed E-state index contributed by atoms with van der Waals surface area (Å²) < 4.78 is 872. The first-order chi connectivity index (χ1) is 57.0. The standard InChI is InChI=1S/C57H30F48O18S6/c58-34(59)46(82,83)52(94,95)40(70,71)12-118-124(106,107)18-1-3-22-24(5-18)26(28-7-20(126(110,111)120-14-42(74,75)54(98,99)48(86,87)36(62)63)9-30(32(22)28)128(114,115)122-16-44(78,79)56(102,103)50(90,91)38(66)67)11-27-25-6-19(125(108,109)119-13-41(72,73)53(96,97)47(84,85)35(60)61)2-4-23(25)33-29(27)8-21(127(112,113)121-15-43(76,77)55(100,101)49(88,89)37(64)65)10-31(33)129(116,117)123-17-45(80,81)57(104,105)51(92,93)39(68)69/h1-11,28,34-39H,12-17H2/b27-11+. The van der Waals surface area contributed by atoms with E-state index in [-0.39, 0.29) is 0 Å². The second-order valence-corrected chi connectivity index (χ2v) is 35.4. The topological polar surface area (TPSA) is 260 Å². The molecule has 0 heterocycles. The second-order valence-electron chi connectivity index (χ2n) is 25.8. The number of halogens is 48. The third-order valence-corrected chi connectivity index (χ3v) is 24.9. The van der Waals surface area contributed by atoms with Crippen LogP contribution in [0.25, 0.3) is 27.8 Å². The van der Waals surface area contributed by atoms with Gasteiger partial charge in [0.05, 0.1) is 19.6 Å². The fourth-order valence-corrected chi connectivity index (χ4v) is 16.6. The van der Waals surface area contributed by atoms with Gasteiger partial charge in [0.15, 0.2) is 0 Å². The molecule has 3 aromatic rings. The van der Waals surface area contributed by atoms with Crippen LogP contribution in [0.4, 0.5) is 211 Å². The van der Waals surface area contributed by atoms with Gasteiger partial charge in [-0.1, -0.05) is 18.2 Å².